The van der Waals surface area contributed by atoms with Gasteiger partial charge in [0.2, 0.25) is 0 Å². The van der Waals surface area contributed by atoms with Crippen molar-refractivity contribution in [2.24, 2.45) is 0 Å². The number of hydrogen-bond acceptors (Lipinski definition) is 9. The van der Waals surface area contributed by atoms with Gasteiger partial charge in [-0.05, 0) is 6.92 Å². The Bertz CT molecular complexity index is 764. The lowest BCUT2D eigenvalue weighted by atomic mass is 10.1. The summed E-state index contributed by atoms with van der Waals surface area (Å²) in [6, 6.07) is 0. The molecule has 0 amide bonds. The Morgan fingerprint density at radius 1 is 1.28 bits per heavy atom. The van der Waals surface area contributed by atoms with Crippen molar-refractivity contribution < 1.29 is 25.2 Å². The fourth-order valence-corrected chi connectivity index (χ4v) is 2.66. The van der Waals surface area contributed by atoms with E-state index in [4.69, 9.17) is 9.84 Å². The molecule has 0 aromatic carbocycles. The smallest absolute Gasteiger partial charge is 0.167 e. The van der Waals surface area contributed by atoms with Crippen molar-refractivity contribution in [3.05, 3.63) is 24.3 Å². The summed E-state index contributed by atoms with van der Waals surface area (Å²) in [5, 5.41) is 41.4. The predicted molar refractivity (Wildman–Crippen MR) is 87.7 cm³/mol. The van der Waals surface area contributed by atoms with Crippen LogP contribution in [0.15, 0.2) is 24.3 Å². The number of nitrogens with one attached hydrogen (secondary N) is 1. The lowest BCUT2D eigenvalue weighted by Gasteiger charge is -2.16. The third-order valence-electron chi connectivity index (χ3n) is 4.12. The average Bonchev–Trinajstić information content (AvgIpc) is 3.17. The van der Waals surface area contributed by atoms with Gasteiger partial charge < -0.3 is 30.5 Å². The molecule has 0 aliphatic carbocycles. The molecule has 0 spiro atoms. The van der Waals surface area contributed by atoms with Gasteiger partial charge in [0.1, 0.15) is 24.6 Å². The maximum Gasteiger partial charge on any atom is 0.167 e. The molecular formula is C15H21N5O5. The molecule has 10 heteroatoms. The fourth-order valence-electron chi connectivity index (χ4n) is 2.66. The highest BCUT2D eigenvalue weighted by molar-refractivity contribution is 5.82. The van der Waals surface area contributed by atoms with Crippen LogP contribution in [0.3, 0.4) is 0 Å². The Kier molecular flexibility index (Phi) is 5.25. The number of aromatic nitrogens is 4. The summed E-state index contributed by atoms with van der Waals surface area (Å²) in [4.78, 5) is 12.6. The second-order valence-corrected chi connectivity index (χ2v) is 5.86. The molecule has 0 bridgehead atoms. The molecule has 0 saturated carbocycles. The summed E-state index contributed by atoms with van der Waals surface area (Å²) in [6.07, 6.45) is 0.443. The molecule has 2 aromatic rings. The van der Waals surface area contributed by atoms with E-state index in [0.29, 0.717) is 23.5 Å². The number of ether oxygens (including phenoxy) is 1. The van der Waals surface area contributed by atoms with Crippen LogP contribution in [-0.2, 0) is 4.74 Å². The van der Waals surface area contributed by atoms with E-state index in [2.05, 4.69) is 20.3 Å². The number of anilines is 1. The van der Waals surface area contributed by atoms with Crippen molar-refractivity contribution in [1.82, 2.24) is 19.5 Å². The van der Waals surface area contributed by atoms with Gasteiger partial charge in [-0.15, -0.1) is 0 Å². The maximum atomic E-state index is 10.2. The van der Waals surface area contributed by atoms with E-state index in [-0.39, 0.29) is 6.61 Å². The molecule has 0 radical (unpaired) electrons. The number of fused-ring (bicyclic) bond motifs is 1. The molecule has 3 rings (SSSR count). The van der Waals surface area contributed by atoms with Crippen LogP contribution >= 0.6 is 0 Å². The topological polar surface area (TPSA) is 146 Å². The summed E-state index contributed by atoms with van der Waals surface area (Å²) in [7, 11) is 0. The van der Waals surface area contributed by atoms with Gasteiger partial charge in [0.05, 0.1) is 19.5 Å². The Balaban J connectivity index is 1.86. The second-order valence-electron chi connectivity index (χ2n) is 5.86. The number of aliphatic hydroxyl groups is 4. The number of hydrogen-bond donors (Lipinski definition) is 5. The summed E-state index contributed by atoms with van der Waals surface area (Å²) in [5.74, 6) is 0.498. The van der Waals surface area contributed by atoms with Crippen LogP contribution in [0.5, 0.6) is 0 Å². The zero-order chi connectivity index (χ0) is 18.0. The quantitative estimate of drug-likeness (QED) is 0.404. The molecule has 0 unspecified atom stereocenters. The summed E-state index contributed by atoms with van der Waals surface area (Å²) in [5.41, 5.74) is 1.74. The largest absolute Gasteiger partial charge is 0.394 e. The van der Waals surface area contributed by atoms with Crippen molar-refractivity contribution in [3.63, 3.8) is 0 Å². The highest BCUT2D eigenvalue weighted by atomic mass is 16.6. The first-order chi connectivity index (χ1) is 12.1. The molecule has 25 heavy (non-hydrogen) atoms. The molecule has 1 aliphatic heterocycles. The van der Waals surface area contributed by atoms with E-state index in [0.717, 1.165) is 5.57 Å². The minimum Gasteiger partial charge on any atom is -0.394 e. The first-order valence-corrected chi connectivity index (χ1v) is 7.87. The Morgan fingerprint density at radius 2 is 2.08 bits per heavy atom. The zero-order valence-electron chi connectivity index (χ0n) is 13.6. The summed E-state index contributed by atoms with van der Waals surface area (Å²) >= 11 is 0. The highest BCUT2D eigenvalue weighted by Gasteiger charge is 2.44. The molecular weight excluding hydrogens is 330 g/mol. The third-order valence-corrected chi connectivity index (χ3v) is 4.12. The Hall–Kier alpha value is -2.11. The van der Waals surface area contributed by atoms with Crippen LogP contribution < -0.4 is 5.32 Å². The third kappa shape index (κ3) is 3.34. The van der Waals surface area contributed by atoms with Crippen molar-refractivity contribution >= 4 is 17.0 Å². The van der Waals surface area contributed by atoms with E-state index in [9.17, 15) is 15.3 Å². The van der Waals surface area contributed by atoms with E-state index < -0.39 is 31.1 Å². The number of rotatable bonds is 6. The van der Waals surface area contributed by atoms with Gasteiger partial charge >= 0.3 is 0 Å². The summed E-state index contributed by atoms with van der Waals surface area (Å²) < 4.78 is 7.01. The first-order valence-electron chi connectivity index (χ1n) is 7.87. The molecule has 4 atom stereocenters. The second kappa shape index (κ2) is 7.42. The van der Waals surface area contributed by atoms with Crippen LogP contribution in [0.25, 0.3) is 11.2 Å². The van der Waals surface area contributed by atoms with Crippen LogP contribution in [0.2, 0.25) is 0 Å². The fraction of sp³-hybridized carbons (Fsp3) is 0.533. The highest BCUT2D eigenvalue weighted by Crippen LogP contribution is 2.31. The van der Waals surface area contributed by atoms with Gasteiger partial charge in [-0.1, -0.05) is 11.6 Å². The van der Waals surface area contributed by atoms with Crippen molar-refractivity contribution in [1.29, 1.82) is 0 Å². The van der Waals surface area contributed by atoms with E-state index >= 15 is 0 Å². The van der Waals surface area contributed by atoms with Gasteiger partial charge in [0.25, 0.3) is 0 Å². The molecule has 3 heterocycles. The Morgan fingerprint density at radius 3 is 2.76 bits per heavy atom. The molecule has 136 valence electrons. The van der Waals surface area contributed by atoms with Crippen LogP contribution in [-0.4, -0.2) is 78.0 Å². The molecule has 10 nitrogen and oxygen atoms in total. The molecule has 1 fully saturated rings. The normalized spacial score (nSPS) is 27.2. The minimum absolute atomic E-state index is 0.0131. The number of aliphatic hydroxyl groups excluding tert-OH is 4. The van der Waals surface area contributed by atoms with Crippen molar-refractivity contribution in [2.75, 3.05) is 25.1 Å². The molecule has 1 saturated heterocycles. The van der Waals surface area contributed by atoms with Crippen LogP contribution in [0.1, 0.15) is 13.2 Å². The van der Waals surface area contributed by atoms with Crippen molar-refractivity contribution in [2.45, 2.75) is 31.5 Å². The monoisotopic (exact) mass is 351 g/mol. The van der Waals surface area contributed by atoms with Crippen molar-refractivity contribution in [3.8, 4) is 0 Å². The Labute approximate surface area is 143 Å². The van der Waals surface area contributed by atoms with Gasteiger partial charge in [0.15, 0.2) is 23.2 Å². The predicted octanol–water partition coefficient (Wildman–Crippen LogP) is -1.21. The van der Waals surface area contributed by atoms with Crippen LogP contribution in [0.4, 0.5) is 5.82 Å². The molecule has 2 aromatic heterocycles. The van der Waals surface area contributed by atoms with E-state index in [1.807, 2.05) is 13.0 Å². The van der Waals surface area contributed by atoms with Gasteiger partial charge in [-0.25, -0.2) is 15.0 Å². The SMILES string of the molecule is CC(=CCNc1ncnc2c1ncn2[C@@H]1O[C@@H](CO)[C@@H](O)[C@H]1O)CO. The van der Waals surface area contributed by atoms with E-state index in [1.54, 1.807) is 0 Å². The summed E-state index contributed by atoms with van der Waals surface area (Å²) in [6.45, 7) is 1.85. The minimum atomic E-state index is -1.21. The number of nitrogens with zero attached hydrogens (tertiary/aromatic N) is 4. The lowest BCUT2D eigenvalue weighted by molar-refractivity contribution is -0.0511. The standard InChI is InChI=1S/C15H21N5O5/c1-8(4-21)2-3-16-13-10-14(18-6-17-13)20(7-19-10)15-12(24)11(23)9(5-22)25-15/h2,6-7,9,11-12,15,21-24H,3-5H2,1H3,(H,16,17,18)/t9-,11+,12+,15+/m0/s1. The molecule has 5 N–H and O–H groups in total. The van der Waals surface area contributed by atoms with Gasteiger partial charge in [-0.3, -0.25) is 4.57 Å². The van der Waals surface area contributed by atoms with Crippen LogP contribution in [0, 0.1) is 0 Å². The lowest BCUT2D eigenvalue weighted by Crippen LogP contribution is -2.33. The van der Waals surface area contributed by atoms with E-state index in [1.165, 1.54) is 17.2 Å². The van der Waals surface area contributed by atoms with Gasteiger partial charge in [-0.2, -0.15) is 0 Å². The zero-order valence-corrected chi connectivity index (χ0v) is 13.6. The maximum absolute atomic E-state index is 10.2. The average molecular weight is 351 g/mol. The number of imidazole rings is 1. The first kappa shape index (κ1) is 17.7. The van der Waals surface area contributed by atoms with Gasteiger partial charge in [0, 0.05) is 6.54 Å². The molecule has 1 aliphatic rings.